The van der Waals surface area contributed by atoms with Gasteiger partial charge >= 0.3 is 35.5 Å². The Morgan fingerprint density at radius 3 is 1.96 bits per heavy atom. The number of cyclic esters (lactones) is 1. The van der Waals surface area contributed by atoms with E-state index >= 15 is 0 Å². The average Bonchev–Trinajstić information content (AvgIpc) is 3.38. The first-order valence-corrected chi connectivity index (χ1v) is 18.6. The molecule has 7 nitrogen and oxygen atoms in total. The standard InChI is InChI=1S/C35H46N2O5S2.Na/c1-2-3-4-5-6-7-8-9-10-11-12-13-14-18-25-32(44(39,40)41)33-36-29-24-20-19-23-28(29)34(37-33)43-31-26-30(42-35(31)38)27-21-16-15-17-22-27;/h15-17,19-24,26,31-32H,2-14,18,25H2,1H3,(H,39,40,41);/q;+1/p-1. The molecule has 0 aliphatic carbocycles. The second-order valence-corrected chi connectivity index (χ2v) is 14.3. The Kier molecular flexibility index (Phi) is 16.6. The van der Waals surface area contributed by atoms with Crippen molar-refractivity contribution in [2.45, 2.75) is 119 Å². The van der Waals surface area contributed by atoms with Crippen molar-refractivity contribution >= 4 is 44.5 Å². The Hall–Kier alpha value is -1.75. The van der Waals surface area contributed by atoms with E-state index in [1.165, 1.54) is 76.0 Å². The van der Waals surface area contributed by atoms with Gasteiger partial charge in [0.25, 0.3) is 0 Å². The molecule has 1 aliphatic heterocycles. The molecule has 1 aromatic heterocycles. The summed E-state index contributed by atoms with van der Waals surface area (Å²) in [6.07, 6.45) is 18.6. The average molecular weight is 661 g/mol. The Morgan fingerprint density at radius 1 is 0.800 bits per heavy atom. The molecule has 0 amide bonds. The van der Waals surface area contributed by atoms with Crippen LogP contribution in [0.3, 0.4) is 0 Å². The molecule has 2 aromatic carbocycles. The number of hydrogen-bond donors (Lipinski definition) is 0. The number of aromatic nitrogens is 2. The predicted octanol–water partition coefficient (Wildman–Crippen LogP) is 6.15. The number of para-hydroxylation sites is 1. The Balaban J connectivity index is 0.00000552. The van der Waals surface area contributed by atoms with Gasteiger partial charge < -0.3 is 9.29 Å². The van der Waals surface area contributed by atoms with Crippen molar-refractivity contribution in [2.24, 2.45) is 0 Å². The van der Waals surface area contributed by atoms with Crippen LogP contribution in [0.4, 0.5) is 0 Å². The predicted molar refractivity (Wildman–Crippen MR) is 177 cm³/mol. The van der Waals surface area contributed by atoms with E-state index in [0.29, 0.717) is 28.1 Å². The molecule has 0 bridgehead atoms. The third kappa shape index (κ3) is 12.1. The molecular formula is C35H45N2NaO5S2. The number of fused-ring (bicyclic) bond motifs is 1. The van der Waals surface area contributed by atoms with Gasteiger partial charge in [-0.2, -0.15) is 0 Å². The zero-order valence-electron chi connectivity index (χ0n) is 26.8. The van der Waals surface area contributed by atoms with Crippen LogP contribution in [0, 0.1) is 0 Å². The second kappa shape index (κ2) is 19.8. The summed E-state index contributed by atoms with van der Waals surface area (Å²) in [5.74, 6) is 0.0486. The number of carbonyl (C=O) groups is 1. The molecular weight excluding hydrogens is 616 g/mol. The van der Waals surface area contributed by atoms with Gasteiger partial charge in [-0.15, -0.1) is 0 Å². The summed E-state index contributed by atoms with van der Waals surface area (Å²) in [7, 11) is -4.69. The molecule has 0 N–H and O–H groups in total. The van der Waals surface area contributed by atoms with Crippen LogP contribution in [0.1, 0.15) is 120 Å². The number of esters is 1. The van der Waals surface area contributed by atoms with Gasteiger partial charge in [-0.05, 0) is 18.6 Å². The largest absolute Gasteiger partial charge is 1.00 e. The summed E-state index contributed by atoms with van der Waals surface area (Å²) in [4.78, 5) is 21.8. The number of hydrogen-bond acceptors (Lipinski definition) is 8. The van der Waals surface area contributed by atoms with E-state index in [2.05, 4.69) is 16.9 Å². The fraction of sp³-hybridized carbons (Fsp3) is 0.514. The number of thioether (sulfide) groups is 1. The Labute approximate surface area is 295 Å². The summed E-state index contributed by atoms with van der Waals surface area (Å²) < 4.78 is 42.8. The number of unbranched alkanes of at least 4 members (excludes halogenated alkanes) is 13. The molecule has 238 valence electrons. The smallest absolute Gasteiger partial charge is 0.747 e. The molecule has 4 rings (SSSR count). The first-order valence-electron chi connectivity index (χ1n) is 16.2. The zero-order chi connectivity index (χ0) is 31.2. The Morgan fingerprint density at radius 2 is 1.36 bits per heavy atom. The summed E-state index contributed by atoms with van der Waals surface area (Å²) in [6.45, 7) is 2.25. The molecule has 3 aromatic rings. The number of rotatable bonds is 20. The maximum absolute atomic E-state index is 12.8. The van der Waals surface area contributed by atoms with Crippen LogP contribution in [0.25, 0.3) is 16.7 Å². The molecule has 0 saturated heterocycles. The van der Waals surface area contributed by atoms with Gasteiger partial charge in [-0.25, -0.2) is 18.4 Å². The minimum absolute atomic E-state index is 0. The van der Waals surface area contributed by atoms with Crippen LogP contribution in [-0.4, -0.2) is 34.2 Å². The van der Waals surface area contributed by atoms with Gasteiger partial charge in [0.1, 0.15) is 37.2 Å². The van der Waals surface area contributed by atoms with Crippen LogP contribution in [-0.2, 0) is 19.6 Å². The van der Waals surface area contributed by atoms with Crippen LogP contribution in [0.5, 0.6) is 0 Å². The topological polar surface area (TPSA) is 109 Å². The molecule has 2 atom stereocenters. The molecule has 0 spiro atoms. The molecule has 10 heteroatoms. The third-order valence-corrected chi connectivity index (χ3v) is 10.3. The minimum Gasteiger partial charge on any atom is -0.747 e. The van der Waals surface area contributed by atoms with Crippen molar-refractivity contribution in [1.29, 1.82) is 0 Å². The molecule has 0 fully saturated rings. The van der Waals surface area contributed by atoms with Gasteiger partial charge in [0.2, 0.25) is 0 Å². The number of nitrogens with zero attached hydrogens (tertiary/aromatic N) is 2. The summed E-state index contributed by atoms with van der Waals surface area (Å²) in [6, 6.07) is 16.6. The SMILES string of the molecule is CCCCCCCCCCCCCCCCC(c1nc(SC2C=C(c3ccccc3)OC2=O)c2ccccc2n1)S(=O)(=O)[O-].[Na+]. The van der Waals surface area contributed by atoms with Gasteiger partial charge in [0.05, 0.1) is 5.52 Å². The summed E-state index contributed by atoms with van der Waals surface area (Å²) in [5.41, 5.74) is 1.33. The Bertz CT molecular complexity index is 1480. The van der Waals surface area contributed by atoms with E-state index in [0.717, 1.165) is 24.8 Å². The second-order valence-electron chi connectivity index (χ2n) is 11.6. The monoisotopic (exact) mass is 660 g/mol. The van der Waals surface area contributed by atoms with E-state index in [1.807, 2.05) is 42.5 Å². The fourth-order valence-corrected chi connectivity index (χ4v) is 7.43. The number of benzene rings is 2. The molecule has 45 heavy (non-hydrogen) atoms. The van der Waals surface area contributed by atoms with E-state index in [9.17, 15) is 17.8 Å². The van der Waals surface area contributed by atoms with E-state index in [-0.39, 0.29) is 41.8 Å². The number of carbonyl (C=O) groups excluding carboxylic acids is 1. The van der Waals surface area contributed by atoms with Crippen molar-refractivity contribution in [3.63, 3.8) is 0 Å². The van der Waals surface area contributed by atoms with Crippen molar-refractivity contribution in [3.05, 3.63) is 72.1 Å². The third-order valence-electron chi connectivity index (χ3n) is 8.08. The summed E-state index contributed by atoms with van der Waals surface area (Å²) >= 11 is 1.18. The van der Waals surface area contributed by atoms with Gasteiger partial charge in [0.15, 0.2) is 0 Å². The molecule has 0 radical (unpaired) electrons. The molecule has 2 heterocycles. The maximum atomic E-state index is 12.8. The summed E-state index contributed by atoms with van der Waals surface area (Å²) in [5, 5.41) is -0.860. The van der Waals surface area contributed by atoms with E-state index in [4.69, 9.17) is 4.74 Å². The van der Waals surface area contributed by atoms with Crippen LogP contribution < -0.4 is 29.6 Å². The normalized spacial score (nSPS) is 15.5. The van der Waals surface area contributed by atoms with Crippen molar-refractivity contribution < 1.29 is 52.1 Å². The zero-order valence-corrected chi connectivity index (χ0v) is 30.4. The van der Waals surface area contributed by atoms with E-state index < -0.39 is 26.6 Å². The van der Waals surface area contributed by atoms with Crippen LogP contribution >= 0.6 is 11.8 Å². The van der Waals surface area contributed by atoms with Gasteiger partial charge in [0, 0.05) is 10.9 Å². The maximum Gasteiger partial charge on any atom is 1.00 e. The first kappa shape index (κ1) is 37.7. The molecule has 1 aliphatic rings. The van der Waals surface area contributed by atoms with Crippen LogP contribution in [0.2, 0.25) is 0 Å². The quantitative estimate of drug-likeness (QED) is 0.0467. The first-order chi connectivity index (χ1) is 21.4. The minimum atomic E-state index is -4.69. The van der Waals surface area contributed by atoms with Crippen molar-refractivity contribution in [1.82, 2.24) is 9.97 Å². The fourth-order valence-electron chi connectivity index (χ4n) is 5.59. The van der Waals surface area contributed by atoms with Crippen LogP contribution in [0.15, 0.2) is 65.7 Å². The van der Waals surface area contributed by atoms with Gasteiger partial charge in [-0.1, -0.05) is 157 Å². The number of ether oxygens (including phenoxy) is 1. The van der Waals surface area contributed by atoms with Crippen molar-refractivity contribution in [2.75, 3.05) is 0 Å². The molecule has 2 unspecified atom stereocenters. The molecule has 0 saturated carbocycles. The van der Waals surface area contributed by atoms with Gasteiger partial charge in [-0.3, -0.25) is 4.79 Å². The van der Waals surface area contributed by atoms with E-state index in [1.54, 1.807) is 18.2 Å². The van der Waals surface area contributed by atoms with Crippen molar-refractivity contribution in [3.8, 4) is 0 Å².